The minimum Gasteiger partial charge on any atom is -0.496 e. The number of anilines is 1. The van der Waals surface area contributed by atoms with Crippen molar-refractivity contribution in [3.63, 3.8) is 0 Å². The van der Waals surface area contributed by atoms with Crippen LogP contribution in [0.3, 0.4) is 0 Å². The molecule has 0 bridgehead atoms. The first-order valence-corrected chi connectivity index (χ1v) is 9.37. The molecule has 0 saturated carbocycles. The lowest BCUT2D eigenvalue weighted by atomic mass is 10.1. The van der Waals surface area contributed by atoms with Crippen LogP contribution in [0.2, 0.25) is 0 Å². The minimum absolute atomic E-state index is 0.00111. The van der Waals surface area contributed by atoms with Crippen molar-refractivity contribution in [2.45, 2.75) is 19.9 Å². The van der Waals surface area contributed by atoms with E-state index in [1.165, 1.54) is 7.11 Å². The van der Waals surface area contributed by atoms with Gasteiger partial charge in [0.05, 0.1) is 23.9 Å². The van der Waals surface area contributed by atoms with Crippen molar-refractivity contribution in [2.75, 3.05) is 12.4 Å². The highest BCUT2D eigenvalue weighted by molar-refractivity contribution is 9.10. The van der Waals surface area contributed by atoms with E-state index in [9.17, 15) is 9.59 Å². The van der Waals surface area contributed by atoms with Crippen molar-refractivity contribution < 1.29 is 14.3 Å². The predicted molar refractivity (Wildman–Crippen MR) is 113 cm³/mol. The molecule has 0 aliphatic heterocycles. The number of thiocarbonyl (C=S) groups is 1. The molecule has 0 fully saturated rings. The fraction of sp³-hybridized carbons (Fsp3) is 0.211. The molecule has 3 N–H and O–H groups in total. The molecule has 27 heavy (non-hydrogen) atoms. The zero-order chi connectivity index (χ0) is 20.0. The van der Waals surface area contributed by atoms with Crippen LogP contribution < -0.4 is 20.7 Å². The number of carbonyl (C=O) groups is 2. The lowest BCUT2D eigenvalue weighted by Gasteiger charge is -2.15. The SMILES string of the molecule is COc1ccc(Br)cc1C(=O)NC(=S)Nc1ccccc1C(=O)NC(C)C. The summed E-state index contributed by atoms with van der Waals surface area (Å²) < 4.78 is 5.95. The van der Waals surface area contributed by atoms with Crippen LogP contribution >= 0.6 is 28.1 Å². The molecule has 2 amide bonds. The molecule has 2 aromatic carbocycles. The van der Waals surface area contributed by atoms with Gasteiger partial charge in [-0.3, -0.25) is 14.9 Å². The van der Waals surface area contributed by atoms with Crippen molar-refractivity contribution in [3.05, 3.63) is 58.1 Å². The molecule has 0 atom stereocenters. The number of ether oxygens (including phenoxy) is 1. The van der Waals surface area contributed by atoms with E-state index >= 15 is 0 Å². The van der Waals surface area contributed by atoms with Gasteiger partial charge in [0.1, 0.15) is 5.75 Å². The summed E-state index contributed by atoms with van der Waals surface area (Å²) in [6.07, 6.45) is 0. The number of hydrogen-bond donors (Lipinski definition) is 3. The Labute approximate surface area is 171 Å². The topological polar surface area (TPSA) is 79.5 Å². The number of rotatable bonds is 5. The first-order valence-electron chi connectivity index (χ1n) is 8.17. The van der Waals surface area contributed by atoms with Crippen molar-refractivity contribution >= 4 is 50.8 Å². The molecule has 6 nitrogen and oxygen atoms in total. The highest BCUT2D eigenvalue weighted by Gasteiger charge is 2.16. The van der Waals surface area contributed by atoms with Gasteiger partial charge in [0.25, 0.3) is 11.8 Å². The number of benzene rings is 2. The molecule has 0 spiro atoms. The van der Waals surface area contributed by atoms with Crippen LogP contribution in [0, 0.1) is 0 Å². The summed E-state index contributed by atoms with van der Waals surface area (Å²) in [4.78, 5) is 24.8. The summed E-state index contributed by atoms with van der Waals surface area (Å²) in [7, 11) is 1.49. The Kier molecular flexibility index (Phi) is 7.32. The Morgan fingerprint density at radius 3 is 2.44 bits per heavy atom. The summed E-state index contributed by atoms with van der Waals surface area (Å²) in [5, 5.41) is 8.41. The zero-order valence-electron chi connectivity index (χ0n) is 15.1. The molecule has 0 unspecified atom stereocenters. The van der Waals surface area contributed by atoms with Gasteiger partial charge in [-0.25, -0.2) is 0 Å². The molecule has 8 heteroatoms. The van der Waals surface area contributed by atoms with E-state index in [-0.39, 0.29) is 17.1 Å². The number of para-hydroxylation sites is 1. The van der Waals surface area contributed by atoms with Crippen LogP contribution in [0.4, 0.5) is 5.69 Å². The van der Waals surface area contributed by atoms with E-state index < -0.39 is 5.91 Å². The molecule has 142 valence electrons. The summed E-state index contributed by atoms with van der Waals surface area (Å²) in [5.74, 6) is -0.221. The number of carbonyl (C=O) groups excluding carboxylic acids is 2. The quantitative estimate of drug-likeness (QED) is 0.606. The molecule has 0 saturated heterocycles. The molecular formula is C19H20BrN3O3S. The second kappa shape index (κ2) is 9.48. The second-order valence-corrected chi connectivity index (χ2v) is 7.25. The Hall–Kier alpha value is -2.45. The van der Waals surface area contributed by atoms with E-state index in [1.54, 1.807) is 42.5 Å². The van der Waals surface area contributed by atoms with E-state index in [0.29, 0.717) is 22.6 Å². The molecule has 2 aromatic rings. The van der Waals surface area contributed by atoms with Gasteiger partial charge in [0.2, 0.25) is 0 Å². The summed E-state index contributed by atoms with van der Waals surface area (Å²) in [6, 6.07) is 12.0. The lowest BCUT2D eigenvalue weighted by Crippen LogP contribution is -2.35. The first-order chi connectivity index (χ1) is 12.8. The Bertz CT molecular complexity index is 871. The van der Waals surface area contributed by atoms with Crippen molar-refractivity contribution in [1.29, 1.82) is 0 Å². The number of amides is 2. The van der Waals surface area contributed by atoms with E-state index in [1.807, 2.05) is 13.8 Å². The molecule has 2 rings (SSSR count). The minimum atomic E-state index is -0.422. The Morgan fingerprint density at radius 1 is 1.07 bits per heavy atom. The van der Waals surface area contributed by atoms with Crippen LogP contribution in [0.5, 0.6) is 5.75 Å². The van der Waals surface area contributed by atoms with Crippen LogP contribution in [-0.4, -0.2) is 30.1 Å². The molecule has 0 aromatic heterocycles. The van der Waals surface area contributed by atoms with E-state index in [2.05, 4.69) is 31.9 Å². The summed E-state index contributed by atoms with van der Waals surface area (Å²) >= 11 is 8.56. The van der Waals surface area contributed by atoms with Crippen LogP contribution in [0.25, 0.3) is 0 Å². The average molecular weight is 450 g/mol. The van der Waals surface area contributed by atoms with Gasteiger partial charge >= 0.3 is 0 Å². The van der Waals surface area contributed by atoms with Crippen LogP contribution in [0.15, 0.2) is 46.9 Å². The van der Waals surface area contributed by atoms with Gasteiger partial charge in [-0.2, -0.15) is 0 Å². The zero-order valence-corrected chi connectivity index (χ0v) is 17.5. The Balaban J connectivity index is 2.14. The monoisotopic (exact) mass is 449 g/mol. The highest BCUT2D eigenvalue weighted by Crippen LogP contribution is 2.23. The number of nitrogens with one attached hydrogen (secondary N) is 3. The predicted octanol–water partition coefficient (Wildman–Crippen LogP) is 3.72. The van der Waals surface area contributed by atoms with Crippen LogP contribution in [-0.2, 0) is 0 Å². The maximum Gasteiger partial charge on any atom is 0.261 e. The molecular weight excluding hydrogens is 430 g/mol. The average Bonchev–Trinajstić information content (AvgIpc) is 2.61. The second-order valence-electron chi connectivity index (χ2n) is 5.93. The summed E-state index contributed by atoms with van der Waals surface area (Å²) in [5.41, 5.74) is 1.27. The third-order valence-electron chi connectivity index (χ3n) is 3.47. The maximum atomic E-state index is 12.5. The third-order valence-corrected chi connectivity index (χ3v) is 4.17. The summed E-state index contributed by atoms with van der Waals surface area (Å²) in [6.45, 7) is 3.76. The van der Waals surface area contributed by atoms with Gasteiger partial charge in [0.15, 0.2) is 5.11 Å². The fourth-order valence-corrected chi connectivity index (χ4v) is 2.88. The largest absolute Gasteiger partial charge is 0.496 e. The first kappa shape index (κ1) is 20.9. The molecule has 0 heterocycles. The number of methoxy groups -OCH3 is 1. The van der Waals surface area contributed by atoms with Crippen molar-refractivity contribution in [3.8, 4) is 5.75 Å². The molecule has 0 radical (unpaired) electrons. The molecule has 0 aliphatic carbocycles. The van der Waals surface area contributed by atoms with E-state index in [4.69, 9.17) is 17.0 Å². The maximum absolute atomic E-state index is 12.5. The molecule has 0 aliphatic rings. The van der Waals surface area contributed by atoms with Gasteiger partial charge in [-0.15, -0.1) is 0 Å². The fourth-order valence-electron chi connectivity index (χ4n) is 2.31. The van der Waals surface area contributed by atoms with Crippen molar-refractivity contribution in [1.82, 2.24) is 10.6 Å². The Morgan fingerprint density at radius 2 is 1.78 bits per heavy atom. The number of halogens is 1. The van der Waals surface area contributed by atoms with Gasteiger partial charge in [-0.1, -0.05) is 28.1 Å². The highest BCUT2D eigenvalue weighted by atomic mass is 79.9. The third kappa shape index (κ3) is 5.77. The van der Waals surface area contributed by atoms with E-state index in [0.717, 1.165) is 4.47 Å². The normalized spacial score (nSPS) is 10.3. The van der Waals surface area contributed by atoms with Gasteiger partial charge in [0, 0.05) is 10.5 Å². The smallest absolute Gasteiger partial charge is 0.261 e. The number of hydrogen-bond acceptors (Lipinski definition) is 4. The lowest BCUT2D eigenvalue weighted by molar-refractivity contribution is 0.0942. The standard InChI is InChI=1S/C19H20BrN3O3S/c1-11(2)21-17(24)13-6-4-5-7-15(13)22-19(27)23-18(25)14-10-12(20)8-9-16(14)26-3/h4-11H,1-3H3,(H,21,24)(H2,22,23,25,27). The van der Waals surface area contributed by atoms with Gasteiger partial charge in [-0.05, 0) is 56.4 Å². The van der Waals surface area contributed by atoms with Crippen LogP contribution in [0.1, 0.15) is 34.6 Å². The van der Waals surface area contributed by atoms with Gasteiger partial charge < -0.3 is 15.4 Å². The van der Waals surface area contributed by atoms with Crippen molar-refractivity contribution in [2.24, 2.45) is 0 Å².